The highest BCUT2D eigenvalue weighted by molar-refractivity contribution is 5.86. The molecule has 6 heteroatoms. The number of aliphatic hydroxyl groups excluding tert-OH is 2. The smallest absolute Gasteiger partial charge is 0.224 e. The zero-order valence-corrected chi connectivity index (χ0v) is 17.0. The van der Waals surface area contributed by atoms with Gasteiger partial charge in [0.25, 0.3) is 0 Å². The fourth-order valence-corrected chi connectivity index (χ4v) is 3.26. The zero-order chi connectivity index (χ0) is 21.8. The van der Waals surface area contributed by atoms with Crippen LogP contribution in [0.2, 0.25) is 0 Å². The minimum Gasteiger partial charge on any atom is -0.394 e. The number of amides is 2. The van der Waals surface area contributed by atoms with Crippen LogP contribution in [-0.2, 0) is 16.0 Å². The lowest BCUT2D eigenvalue weighted by atomic mass is 9.98. The van der Waals surface area contributed by atoms with E-state index in [0.717, 1.165) is 11.1 Å². The molecule has 6 nitrogen and oxygen atoms in total. The molecule has 2 aromatic rings. The van der Waals surface area contributed by atoms with E-state index in [1.165, 1.54) is 0 Å². The second-order valence-corrected chi connectivity index (χ2v) is 7.22. The molecule has 0 radical (unpaired) electrons. The van der Waals surface area contributed by atoms with Gasteiger partial charge < -0.3 is 20.8 Å². The van der Waals surface area contributed by atoms with E-state index in [0.29, 0.717) is 12.8 Å². The van der Waals surface area contributed by atoms with Crippen molar-refractivity contribution in [3.8, 4) is 0 Å². The van der Waals surface area contributed by atoms with Crippen molar-refractivity contribution in [2.75, 3.05) is 13.2 Å². The molecule has 0 fully saturated rings. The molecule has 2 rings (SSSR count). The van der Waals surface area contributed by atoms with Gasteiger partial charge in [-0.2, -0.15) is 0 Å². The van der Waals surface area contributed by atoms with Crippen molar-refractivity contribution < 1.29 is 19.8 Å². The average Bonchev–Trinajstić information content (AvgIpc) is 2.77. The Bertz CT molecular complexity index is 795. The van der Waals surface area contributed by atoms with Crippen molar-refractivity contribution in [3.63, 3.8) is 0 Å². The first-order chi connectivity index (χ1) is 14.6. The Hall–Kier alpha value is -2.96. The van der Waals surface area contributed by atoms with Gasteiger partial charge in [-0.25, -0.2) is 0 Å². The quantitative estimate of drug-likeness (QED) is 0.403. The molecule has 160 valence electrons. The molecule has 0 bridgehead atoms. The summed E-state index contributed by atoms with van der Waals surface area (Å²) in [7, 11) is 0. The molecule has 3 atom stereocenters. The predicted molar refractivity (Wildman–Crippen MR) is 116 cm³/mol. The molecule has 2 aromatic carbocycles. The summed E-state index contributed by atoms with van der Waals surface area (Å²) < 4.78 is 0. The lowest BCUT2D eigenvalue weighted by Crippen LogP contribution is -2.42. The third-order valence-corrected chi connectivity index (χ3v) is 4.87. The maximum absolute atomic E-state index is 12.8. The summed E-state index contributed by atoms with van der Waals surface area (Å²) in [6, 6.07) is 17.8. The average molecular weight is 411 g/mol. The maximum Gasteiger partial charge on any atom is 0.224 e. The zero-order valence-electron chi connectivity index (χ0n) is 17.0. The van der Waals surface area contributed by atoms with Crippen molar-refractivity contribution in [1.29, 1.82) is 0 Å². The number of benzene rings is 2. The second-order valence-electron chi connectivity index (χ2n) is 7.22. The Morgan fingerprint density at radius 1 is 0.933 bits per heavy atom. The number of hydrogen-bond acceptors (Lipinski definition) is 4. The molecule has 0 saturated heterocycles. The van der Waals surface area contributed by atoms with Gasteiger partial charge in [0.05, 0.1) is 31.2 Å². The van der Waals surface area contributed by atoms with Crippen LogP contribution < -0.4 is 10.6 Å². The Balaban J connectivity index is 1.96. The normalized spacial score (nSPS) is 13.7. The topological polar surface area (TPSA) is 98.7 Å². The van der Waals surface area contributed by atoms with E-state index >= 15 is 0 Å². The molecule has 0 saturated carbocycles. The summed E-state index contributed by atoms with van der Waals surface area (Å²) in [5.41, 5.74) is 1.80. The van der Waals surface area contributed by atoms with Crippen molar-refractivity contribution in [2.45, 2.75) is 31.3 Å². The summed E-state index contributed by atoms with van der Waals surface area (Å²) >= 11 is 0. The van der Waals surface area contributed by atoms with Crippen molar-refractivity contribution in [1.82, 2.24) is 10.6 Å². The van der Waals surface area contributed by atoms with Crippen molar-refractivity contribution in [2.24, 2.45) is 5.92 Å². The van der Waals surface area contributed by atoms with E-state index in [-0.39, 0.29) is 31.4 Å². The molecule has 0 heterocycles. The Morgan fingerprint density at radius 3 is 2.13 bits per heavy atom. The van der Waals surface area contributed by atoms with Crippen LogP contribution in [-0.4, -0.2) is 41.3 Å². The molecular formula is C24H30N2O4. The Morgan fingerprint density at radius 2 is 1.57 bits per heavy atom. The van der Waals surface area contributed by atoms with Crippen molar-refractivity contribution >= 4 is 11.8 Å². The third kappa shape index (κ3) is 7.46. The summed E-state index contributed by atoms with van der Waals surface area (Å²) in [4.78, 5) is 25.3. The number of hydrogen-bond donors (Lipinski definition) is 4. The van der Waals surface area contributed by atoms with E-state index < -0.39 is 18.0 Å². The highest BCUT2D eigenvalue weighted by atomic mass is 16.3. The Kier molecular flexibility index (Phi) is 9.77. The largest absolute Gasteiger partial charge is 0.394 e. The number of rotatable bonds is 12. The number of carbonyl (C=O) groups is 2. The standard InChI is InChI=1S/C24H30N2O4/c1-2-9-20(24(30)26-22(17-28)19-12-7-4-8-13-19)15-23(29)25-21(16-27)14-18-10-5-3-6-11-18/h2-8,10-13,20-22,27-28H,1,9,14-17H2,(H,25,29)(H,26,30)/t20-,21-,22-/m1/s1. The number of nitrogens with one attached hydrogen (secondary N) is 2. The van der Waals surface area contributed by atoms with E-state index in [1.54, 1.807) is 6.08 Å². The highest BCUT2D eigenvalue weighted by Crippen LogP contribution is 2.16. The van der Waals surface area contributed by atoms with Crippen LogP contribution >= 0.6 is 0 Å². The molecule has 30 heavy (non-hydrogen) atoms. The number of aliphatic hydroxyl groups is 2. The van der Waals surface area contributed by atoms with Gasteiger partial charge in [0, 0.05) is 6.42 Å². The maximum atomic E-state index is 12.8. The van der Waals surface area contributed by atoms with Crippen LogP contribution in [0.5, 0.6) is 0 Å². The van der Waals surface area contributed by atoms with Crippen LogP contribution in [0.1, 0.15) is 30.0 Å². The van der Waals surface area contributed by atoms with E-state index in [4.69, 9.17) is 0 Å². The summed E-state index contributed by atoms with van der Waals surface area (Å²) in [6.07, 6.45) is 2.40. The molecule has 2 amide bonds. The van der Waals surface area contributed by atoms with E-state index in [1.807, 2.05) is 60.7 Å². The van der Waals surface area contributed by atoms with E-state index in [9.17, 15) is 19.8 Å². The highest BCUT2D eigenvalue weighted by Gasteiger charge is 2.24. The van der Waals surface area contributed by atoms with Gasteiger partial charge in [-0.05, 0) is 24.0 Å². The monoisotopic (exact) mass is 410 g/mol. The lowest BCUT2D eigenvalue weighted by molar-refractivity contribution is -0.131. The van der Waals surface area contributed by atoms with Crippen LogP contribution in [0.15, 0.2) is 73.3 Å². The van der Waals surface area contributed by atoms with Crippen LogP contribution in [0.3, 0.4) is 0 Å². The number of allylic oxidation sites excluding steroid dienone is 1. The summed E-state index contributed by atoms with van der Waals surface area (Å²) in [6.45, 7) is 3.24. The summed E-state index contributed by atoms with van der Waals surface area (Å²) in [5.74, 6) is -1.25. The van der Waals surface area contributed by atoms with Crippen molar-refractivity contribution in [3.05, 3.63) is 84.4 Å². The third-order valence-electron chi connectivity index (χ3n) is 4.87. The molecule has 0 aliphatic heterocycles. The van der Waals surface area contributed by atoms with Gasteiger partial charge in [0.15, 0.2) is 0 Å². The first-order valence-corrected chi connectivity index (χ1v) is 10.1. The lowest BCUT2D eigenvalue weighted by Gasteiger charge is -2.22. The molecule has 0 spiro atoms. The molecule has 0 aliphatic carbocycles. The first-order valence-electron chi connectivity index (χ1n) is 10.1. The molecule has 0 aromatic heterocycles. The molecule has 0 aliphatic rings. The second kappa shape index (κ2) is 12.6. The molecule has 4 N–H and O–H groups in total. The molecule has 0 unspecified atom stereocenters. The van der Waals surface area contributed by atoms with Crippen LogP contribution in [0.25, 0.3) is 0 Å². The minimum atomic E-state index is -0.615. The van der Waals surface area contributed by atoms with Gasteiger partial charge >= 0.3 is 0 Å². The first kappa shape index (κ1) is 23.3. The van der Waals surface area contributed by atoms with Gasteiger partial charge in [0.1, 0.15) is 0 Å². The minimum absolute atomic E-state index is 0.0317. The van der Waals surface area contributed by atoms with Gasteiger partial charge in [-0.3, -0.25) is 9.59 Å². The van der Waals surface area contributed by atoms with E-state index in [2.05, 4.69) is 17.2 Å². The van der Waals surface area contributed by atoms with Crippen LogP contribution in [0.4, 0.5) is 0 Å². The predicted octanol–water partition coefficient (Wildman–Crippen LogP) is 2.14. The summed E-state index contributed by atoms with van der Waals surface area (Å²) in [5, 5.41) is 24.9. The number of carbonyl (C=O) groups excluding carboxylic acids is 2. The van der Waals surface area contributed by atoms with Gasteiger partial charge in [0.2, 0.25) is 11.8 Å². The van der Waals surface area contributed by atoms with Gasteiger partial charge in [-0.1, -0.05) is 66.7 Å². The van der Waals surface area contributed by atoms with Crippen LogP contribution in [0, 0.1) is 5.92 Å². The Labute approximate surface area is 177 Å². The fraction of sp³-hybridized carbons (Fsp3) is 0.333. The SMILES string of the molecule is C=CC[C@H](CC(=O)N[C@@H](CO)Cc1ccccc1)C(=O)N[C@H](CO)c1ccccc1. The van der Waals surface area contributed by atoms with Gasteiger partial charge in [-0.15, -0.1) is 6.58 Å². The fourth-order valence-electron chi connectivity index (χ4n) is 3.26. The molecular weight excluding hydrogens is 380 g/mol.